The topological polar surface area (TPSA) is 60.7 Å². The number of rotatable bonds is 4. The molecule has 0 N–H and O–H groups in total. The minimum atomic E-state index is -3.78. The van der Waals surface area contributed by atoms with E-state index < -0.39 is 10.0 Å². The number of hydrogen-bond donors (Lipinski definition) is 0. The molecule has 1 aromatic heterocycles. The largest absolute Gasteiger partial charge is 0.497 e. The van der Waals surface area contributed by atoms with Crippen molar-refractivity contribution in [3.63, 3.8) is 0 Å². The summed E-state index contributed by atoms with van der Waals surface area (Å²) in [7, 11) is -0.408. The number of benzene rings is 2. The number of nitrogens with zero attached hydrogens (tertiary/aromatic N) is 2. The second-order valence-electron chi connectivity index (χ2n) is 6.07. The molecular weight excluding hydrogens is 356 g/mol. The van der Waals surface area contributed by atoms with Crippen LogP contribution in [0, 0.1) is 0 Å². The van der Waals surface area contributed by atoms with Gasteiger partial charge < -0.3 is 9.30 Å². The van der Waals surface area contributed by atoms with Crippen LogP contribution in [0.1, 0.15) is 25.3 Å². The fourth-order valence-corrected chi connectivity index (χ4v) is 4.80. The maximum atomic E-state index is 12.6. The molecule has 3 aromatic rings. The van der Waals surface area contributed by atoms with Crippen molar-refractivity contribution in [3.8, 4) is 5.75 Å². The van der Waals surface area contributed by atoms with Crippen LogP contribution in [-0.2, 0) is 17.1 Å². The number of hydrogen-bond acceptors (Lipinski definition) is 4. The molecule has 0 saturated carbocycles. The van der Waals surface area contributed by atoms with Crippen molar-refractivity contribution in [3.05, 3.63) is 52.8 Å². The molecule has 25 heavy (non-hydrogen) atoms. The van der Waals surface area contributed by atoms with E-state index in [1.54, 1.807) is 12.1 Å². The van der Waals surface area contributed by atoms with Crippen molar-refractivity contribution in [2.24, 2.45) is 11.4 Å². The third-order valence-corrected chi connectivity index (χ3v) is 6.55. The first-order chi connectivity index (χ1) is 11.8. The molecule has 0 aliphatic heterocycles. The van der Waals surface area contributed by atoms with Crippen molar-refractivity contribution >= 4 is 31.6 Å². The summed E-state index contributed by atoms with van der Waals surface area (Å²) in [5.41, 5.74) is 2.19. The molecule has 1 heterocycles. The molecule has 0 atom stereocenters. The van der Waals surface area contributed by atoms with Crippen molar-refractivity contribution < 1.29 is 13.2 Å². The van der Waals surface area contributed by atoms with Gasteiger partial charge in [0.1, 0.15) is 5.75 Å². The summed E-state index contributed by atoms with van der Waals surface area (Å²) in [6.07, 6.45) is 0. The molecule has 0 amide bonds. The first-order valence-corrected chi connectivity index (χ1v) is 10.1. The molecule has 0 radical (unpaired) electrons. The second-order valence-corrected chi connectivity index (χ2v) is 8.68. The minimum absolute atomic E-state index is 0.147. The third-order valence-electron chi connectivity index (χ3n) is 4.06. The summed E-state index contributed by atoms with van der Waals surface area (Å²) in [6, 6.07) is 12.4. The van der Waals surface area contributed by atoms with E-state index in [1.807, 2.05) is 17.7 Å². The van der Waals surface area contributed by atoms with Crippen LogP contribution in [0.15, 0.2) is 51.8 Å². The zero-order chi connectivity index (χ0) is 18.2. The van der Waals surface area contributed by atoms with E-state index in [2.05, 4.69) is 30.4 Å². The van der Waals surface area contributed by atoms with Gasteiger partial charge in [0.2, 0.25) is 4.80 Å². The monoisotopic (exact) mass is 376 g/mol. The Balaban J connectivity index is 2.11. The summed E-state index contributed by atoms with van der Waals surface area (Å²) in [5, 5.41) is 0. The molecule has 0 aliphatic carbocycles. The van der Waals surface area contributed by atoms with Crippen molar-refractivity contribution in [2.45, 2.75) is 24.7 Å². The normalized spacial score (nSPS) is 12.9. The number of fused-ring (bicyclic) bond motifs is 1. The van der Waals surface area contributed by atoms with Gasteiger partial charge in [-0.2, -0.15) is 8.42 Å². The average Bonchev–Trinajstić information content (AvgIpc) is 2.89. The maximum absolute atomic E-state index is 12.6. The Labute approximate surface area is 151 Å². The van der Waals surface area contributed by atoms with E-state index in [0.717, 1.165) is 10.2 Å². The molecule has 0 unspecified atom stereocenters. The van der Waals surface area contributed by atoms with E-state index in [0.29, 0.717) is 16.5 Å². The lowest BCUT2D eigenvalue weighted by Gasteiger charge is -2.04. The quantitative estimate of drug-likeness (QED) is 0.698. The zero-order valence-corrected chi connectivity index (χ0v) is 16.2. The highest BCUT2D eigenvalue weighted by Crippen LogP contribution is 2.23. The van der Waals surface area contributed by atoms with Crippen LogP contribution in [0.3, 0.4) is 0 Å². The fourth-order valence-electron chi connectivity index (χ4n) is 2.50. The Hall–Kier alpha value is -2.12. The van der Waals surface area contributed by atoms with E-state index in [1.165, 1.54) is 36.1 Å². The molecule has 0 fully saturated rings. The summed E-state index contributed by atoms with van der Waals surface area (Å²) in [4.78, 5) is 0.598. The van der Waals surface area contributed by atoms with Crippen LogP contribution < -0.4 is 9.54 Å². The van der Waals surface area contributed by atoms with Gasteiger partial charge in [-0.3, -0.25) is 0 Å². The molecular formula is C18H20N2O3S2. The van der Waals surface area contributed by atoms with Gasteiger partial charge in [0.15, 0.2) is 0 Å². The fraction of sp³-hybridized carbons (Fsp3) is 0.278. The van der Waals surface area contributed by atoms with Gasteiger partial charge in [0.25, 0.3) is 10.0 Å². The Kier molecular flexibility index (Phi) is 4.71. The molecule has 0 bridgehead atoms. The highest BCUT2D eigenvalue weighted by Gasteiger charge is 2.14. The van der Waals surface area contributed by atoms with E-state index in [4.69, 9.17) is 4.74 Å². The van der Waals surface area contributed by atoms with Crippen LogP contribution in [0.25, 0.3) is 10.2 Å². The van der Waals surface area contributed by atoms with E-state index in [9.17, 15) is 8.42 Å². The average molecular weight is 377 g/mol. The smallest absolute Gasteiger partial charge is 0.285 e. The summed E-state index contributed by atoms with van der Waals surface area (Å²) < 4.78 is 37.1. The number of aryl methyl sites for hydroxylation is 1. The molecule has 0 spiro atoms. The lowest BCUT2D eigenvalue weighted by Crippen LogP contribution is -2.13. The van der Waals surface area contributed by atoms with Crippen LogP contribution >= 0.6 is 11.3 Å². The van der Waals surface area contributed by atoms with Crippen LogP contribution in [0.5, 0.6) is 5.75 Å². The lowest BCUT2D eigenvalue weighted by molar-refractivity contribution is 0.414. The van der Waals surface area contributed by atoms with Gasteiger partial charge in [-0.1, -0.05) is 31.3 Å². The van der Waals surface area contributed by atoms with Crippen molar-refractivity contribution in [1.82, 2.24) is 4.57 Å². The van der Waals surface area contributed by atoms with E-state index in [-0.39, 0.29) is 4.90 Å². The molecule has 3 rings (SSSR count). The van der Waals surface area contributed by atoms with Crippen LogP contribution in [-0.4, -0.2) is 20.1 Å². The van der Waals surface area contributed by atoms with E-state index >= 15 is 0 Å². The van der Waals surface area contributed by atoms with Gasteiger partial charge in [-0.25, -0.2) is 0 Å². The minimum Gasteiger partial charge on any atom is -0.497 e. The zero-order valence-electron chi connectivity index (χ0n) is 14.6. The Morgan fingerprint density at radius 2 is 1.80 bits per heavy atom. The van der Waals surface area contributed by atoms with Crippen LogP contribution in [0.2, 0.25) is 0 Å². The van der Waals surface area contributed by atoms with Gasteiger partial charge in [0, 0.05) is 7.05 Å². The van der Waals surface area contributed by atoms with Crippen LogP contribution in [0.4, 0.5) is 0 Å². The Morgan fingerprint density at radius 3 is 2.40 bits per heavy atom. The lowest BCUT2D eigenvalue weighted by atomic mass is 10.0. The summed E-state index contributed by atoms with van der Waals surface area (Å²) >= 11 is 1.38. The molecule has 5 nitrogen and oxygen atoms in total. The molecule has 132 valence electrons. The standard InChI is InChI=1S/C18H20N2O3S2/c1-12(2)13-5-10-16-17(11-13)24-18(20(16)3)19-25(21,22)15-8-6-14(23-4)7-9-15/h5-12H,1-4H3/b19-18-. The number of ether oxygens (including phenoxy) is 1. The number of thiazole rings is 1. The highest BCUT2D eigenvalue weighted by molar-refractivity contribution is 7.90. The third kappa shape index (κ3) is 3.48. The van der Waals surface area contributed by atoms with Gasteiger partial charge >= 0.3 is 0 Å². The first-order valence-electron chi connectivity index (χ1n) is 7.86. The number of sulfonamides is 1. The molecule has 0 aliphatic rings. The number of aromatic nitrogens is 1. The van der Waals surface area contributed by atoms with Gasteiger partial charge in [-0.15, -0.1) is 4.40 Å². The maximum Gasteiger partial charge on any atom is 0.285 e. The molecule has 0 saturated heterocycles. The van der Waals surface area contributed by atoms with Crippen molar-refractivity contribution in [1.29, 1.82) is 0 Å². The van der Waals surface area contributed by atoms with Gasteiger partial charge in [0.05, 0.1) is 22.2 Å². The predicted octanol–water partition coefficient (Wildman–Crippen LogP) is 3.66. The van der Waals surface area contributed by atoms with Crippen molar-refractivity contribution in [2.75, 3.05) is 7.11 Å². The second kappa shape index (κ2) is 6.65. The Morgan fingerprint density at radius 1 is 1.12 bits per heavy atom. The first kappa shape index (κ1) is 17.7. The summed E-state index contributed by atoms with van der Waals surface area (Å²) in [6.45, 7) is 4.27. The Bertz CT molecular complexity index is 1080. The molecule has 7 heteroatoms. The molecule has 2 aromatic carbocycles. The number of methoxy groups -OCH3 is 1. The predicted molar refractivity (Wildman–Crippen MR) is 101 cm³/mol. The SMILES string of the molecule is COc1ccc(S(=O)(=O)/N=c2\sc3cc(C(C)C)ccc3n2C)cc1. The summed E-state index contributed by atoms with van der Waals surface area (Å²) in [5.74, 6) is 1.02. The highest BCUT2D eigenvalue weighted by atomic mass is 32.2. The van der Waals surface area contributed by atoms with Gasteiger partial charge in [-0.05, 0) is 47.9 Å².